The van der Waals surface area contributed by atoms with Gasteiger partial charge in [-0.15, -0.1) is 0 Å². The Labute approximate surface area is 154 Å². The Hall–Kier alpha value is -2.38. The van der Waals surface area contributed by atoms with Gasteiger partial charge in [-0.2, -0.15) is 4.98 Å². The van der Waals surface area contributed by atoms with Crippen LogP contribution in [0.1, 0.15) is 5.69 Å². The van der Waals surface area contributed by atoms with Crippen molar-refractivity contribution in [2.75, 3.05) is 13.4 Å². The van der Waals surface area contributed by atoms with Crippen LogP contribution in [0.4, 0.5) is 0 Å². The third kappa shape index (κ3) is 4.00. The Bertz CT molecular complexity index is 908. The van der Waals surface area contributed by atoms with Gasteiger partial charge in [0.05, 0.1) is 24.1 Å². The summed E-state index contributed by atoms with van der Waals surface area (Å²) in [4.78, 5) is 17.2. The molecule has 0 radical (unpaired) electrons. The number of thioether (sulfide) groups is 1. The first-order chi connectivity index (χ1) is 12.1. The second kappa shape index (κ2) is 7.67. The third-order valence-corrected chi connectivity index (χ3v) is 4.12. The molecule has 3 aromatic rings. The molecule has 0 aliphatic rings. The largest absolute Gasteiger partial charge is 0.480 e. The van der Waals surface area contributed by atoms with Crippen molar-refractivity contribution in [1.29, 1.82) is 0 Å². The lowest BCUT2D eigenvalue weighted by atomic mass is 10.2. The molecule has 3 aromatic heterocycles. The van der Waals surface area contributed by atoms with Gasteiger partial charge < -0.3 is 9.47 Å². The predicted molar refractivity (Wildman–Crippen MR) is 97.7 cm³/mol. The zero-order valence-corrected chi connectivity index (χ0v) is 15.4. The van der Waals surface area contributed by atoms with Crippen molar-refractivity contribution in [3.05, 3.63) is 47.5 Å². The van der Waals surface area contributed by atoms with Gasteiger partial charge in [0, 0.05) is 18.5 Å². The highest BCUT2D eigenvalue weighted by Crippen LogP contribution is 2.31. The summed E-state index contributed by atoms with van der Waals surface area (Å²) < 4.78 is 11.2. The zero-order chi connectivity index (χ0) is 17.8. The number of hydrogen-bond donors (Lipinski definition) is 0. The van der Waals surface area contributed by atoms with E-state index in [0.717, 1.165) is 11.3 Å². The second-order valence-corrected chi connectivity index (χ2v) is 6.14. The predicted octanol–water partition coefficient (Wildman–Crippen LogP) is 4.42. The molecule has 0 aliphatic carbocycles. The van der Waals surface area contributed by atoms with Crippen LogP contribution in [0.15, 0.2) is 41.8 Å². The Kier molecular flexibility index (Phi) is 5.35. The maximum Gasteiger partial charge on any atom is 0.226 e. The quantitative estimate of drug-likeness (QED) is 0.372. The van der Waals surface area contributed by atoms with Crippen LogP contribution in [-0.4, -0.2) is 33.3 Å². The van der Waals surface area contributed by atoms with E-state index in [2.05, 4.69) is 19.9 Å². The van der Waals surface area contributed by atoms with Crippen molar-refractivity contribution < 1.29 is 9.47 Å². The number of pyridine rings is 2. The number of halogens is 1. The third-order valence-electron chi connectivity index (χ3n) is 3.35. The molecule has 0 aromatic carbocycles. The standard InChI is InChI=1S/C17H15ClN4O2S/c1-10-14(24-11-6-7-19-15(18)8-11)5-4-13(21-10)12-9-20-17(25-3)22-16(12)23-2/h4-9H,1-3H3. The molecule has 3 rings (SSSR count). The van der Waals surface area contributed by atoms with Crippen molar-refractivity contribution in [3.8, 4) is 28.6 Å². The summed E-state index contributed by atoms with van der Waals surface area (Å²) in [6.07, 6.45) is 5.21. The van der Waals surface area contributed by atoms with E-state index < -0.39 is 0 Å². The fourth-order valence-electron chi connectivity index (χ4n) is 2.16. The number of rotatable bonds is 5. The number of methoxy groups -OCH3 is 1. The van der Waals surface area contributed by atoms with Crippen LogP contribution >= 0.6 is 23.4 Å². The van der Waals surface area contributed by atoms with Gasteiger partial charge in [-0.3, -0.25) is 0 Å². The first-order valence-electron chi connectivity index (χ1n) is 7.33. The molecule has 0 unspecified atom stereocenters. The lowest BCUT2D eigenvalue weighted by Gasteiger charge is -2.11. The summed E-state index contributed by atoms with van der Waals surface area (Å²) in [5.41, 5.74) is 2.16. The molecule has 0 saturated carbocycles. The molecule has 0 bridgehead atoms. The van der Waals surface area contributed by atoms with Gasteiger partial charge in [0.25, 0.3) is 0 Å². The van der Waals surface area contributed by atoms with Gasteiger partial charge in [-0.1, -0.05) is 23.4 Å². The number of hydrogen-bond acceptors (Lipinski definition) is 7. The lowest BCUT2D eigenvalue weighted by Crippen LogP contribution is -1.98. The van der Waals surface area contributed by atoms with E-state index in [1.807, 2.05) is 25.3 Å². The Balaban J connectivity index is 1.92. The van der Waals surface area contributed by atoms with Gasteiger partial charge in [-0.05, 0) is 31.4 Å². The highest BCUT2D eigenvalue weighted by atomic mass is 35.5. The smallest absolute Gasteiger partial charge is 0.226 e. The molecular formula is C17H15ClN4O2S. The zero-order valence-electron chi connectivity index (χ0n) is 13.9. The van der Waals surface area contributed by atoms with Crippen molar-refractivity contribution in [2.24, 2.45) is 0 Å². The fourth-order valence-corrected chi connectivity index (χ4v) is 2.66. The normalized spacial score (nSPS) is 10.6. The Morgan fingerprint density at radius 3 is 2.64 bits per heavy atom. The summed E-state index contributed by atoms with van der Waals surface area (Å²) >= 11 is 7.33. The van der Waals surface area contributed by atoms with E-state index in [1.165, 1.54) is 11.8 Å². The van der Waals surface area contributed by atoms with Gasteiger partial charge in [0.2, 0.25) is 5.88 Å². The maximum absolute atomic E-state index is 5.88. The van der Waals surface area contributed by atoms with Gasteiger partial charge in [-0.25, -0.2) is 15.0 Å². The summed E-state index contributed by atoms with van der Waals surface area (Å²) in [7, 11) is 1.58. The minimum Gasteiger partial charge on any atom is -0.480 e. The van der Waals surface area contributed by atoms with Crippen LogP contribution in [0.3, 0.4) is 0 Å². The van der Waals surface area contributed by atoms with Crippen LogP contribution in [0.5, 0.6) is 17.4 Å². The van der Waals surface area contributed by atoms with Crippen LogP contribution in [0, 0.1) is 6.92 Å². The van der Waals surface area contributed by atoms with E-state index in [4.69, 9.17) is 21.1 Å². The van der Waals surface area contributed by atoms with Gasteiger partial charge in [0.1, 0.15) is 16.7 Å². The minimum atomic E-state index is 0.371. The highest BCUT2D eigenvalue weighted by Gasteiger charge is 2.13. The minimum absolute atomic E-state index is 0.371. The topological polar surface area (TPSA) is 70.0 Å². The molecule has 128 valence electrons. The first-order valence-corrected chi connectivity index (χ1v) is 8.93. The van der Waals surface area contributed by atoms with Crippen molar-refractivity contribution in [2.45, 2.75) is 12.1 Å². The van der Waals surface area contributed by atoms with Crippen molar-refractivity contribution in [1.82, 2.24) is 19.9 Å². The van der Waals surface area contributed by atoms with Crippen molar-refractivity contribution in [3.63, 3.8) is 0 Å². The molecule has 0 fully saturated rings. The van der Waals surface area contributed by atoms with E-state index in [9.17, 15) is 0 Å². The van der Waals surface area contributed by atoms with Crippen LogP contribution in [0.2, 0.25) is 5.15 Å². The molecule has 0 aliphatic heterocycles. The molecule has 25 heavy (non-hydrogen) atoms. The number of ether oxygens (including phenoxy) is 2. The van der Waals surface area contributed by atoms with Crippen LogP contribution in [-0.2, 0) is 0 Å². The molecule has 0 N–H and O–H groups in total. The van der Waals surface area contributed by atoms with Crippen molar-refractivity contribution >= 4 is 23.4 Å². The monoisotopic (exact) mass is 374 g/mol. The number of aryl methyl sites for hydroxylation is 1. The summed E-state index contributed by atoms with van der Waals surface area (Å²) in [6, 6.07) is 7.06. The van der Waals surface area contributed by atoms with E-state index in [1.54, 1.807) is 31.6 Å². The van der Waals surface area contributed by atoms with E-state index in [-0.39, 0.29) is 0 Å². The Morgan fingerprint density at radius 1 is 1.12 bits per heavy atom. The molecule has 0 amide bonds. The van der Waals surface area contributed by atoms with E-state index >= 15 is 0 Å². The van der Waals surface area contributed by atoms with Crippen LogP contribution in [0.25, 0.3) is 11.3 Å². The average molecular weight is 375 g/mol. The highest BCUT2D eigenvalue weighted by molar-refractivity contribution is 7.98. The summed E-state index contributed by atoms with van der Waals surface area (Å²) in [5, 5.41) is 1.02. The van der Waals surface area contributed by atoms with Gasteiger partial charge >= 0.3 is 0 Å². The molecule has 3 heterocycles. The number of nitrogens with zero attached hydrogens (tertiary/aromatic N) is 4. The molecule has 0 spiro atoms. The van der Waals surface area contributed by atoms with E-state index in [0.29, 0.717) is 33.4 Å². The average Bonchev–Trinajstić information content (AvgIpc) is 2.63. The fraction of sp³-hybridized carbons (Fsp3) is 0.176. The van der Waals surface area contributed by atoms with Gasteiger partial charge in [0.15, 0.2) is 5.16 Å². The SMILES string of the molecule is COc1nc(SC)ncc1-c1ccc(Oc2ccnc(Cl)c2)c(C)n1. The Morgan fingerprint density at radius 2 is 1.96 bits per heavy atom. The lowest BCUT2D eigenvalue weighted by molar-refractivity contribution is 0.394. The van der Waals surface area contributed by atoms with Crippen LogP contribution < -0.4 is 9.47 Å². The summed E-state index contributed by atoms with van der Waals surface area (Å²) in [5.74, 6) is 1.72. The number of aromatic nitrogens is 4. The second-order valence-electron chi connectivity index (χ2n) is 4.98. The maximum atomic E-state index is 5.88. The molecule has 8 heteroatoms. The molecule has 0 atom stereocenters. The molecule has 0 saturated heterocycles. The molecule has 6 nitrogen and oxygen atoms in total. The first kappa shape index (κ1) is 17.4. The molecular weight excluding hydrogens is 360 g/mol. The summed E-state index contributed by atoms with van der Waals surface area (Å²) in [6.45, 7) is 1.87.